The van der Waals surface area contributed by atoms with Crippen LogP contribution in [0.1, 0.15) is 17.0 Å². The molecule has 0 aliphatic rings. The van der Waals surface area contributed by atoms with Crippen LogP contribution in [0.25, 0.3) is 0 Å². The van der Waals surface area contributed by atoms with Crippen LogP contribution < -0.4 is 0 Å². The number of benzene rings is 1. The van der Waals surface area contributed by atoms with E-state index >= 15 is 0 Å². The third-order valence-corrected chi connectivity index (χ3v) is 4.94. The molecule has 0 aliphatic carbocycles. The molecular weight excluding hydrogens is 316 g/mol. The molecule has 0 unspecified atom stereocenters. The summed E-state index contributed by atoms with van der Waals surface area (Å²) in [5.74, 6) is 0. The summed E-state index contributed by atoms with van der Waals surface area (Å²) in [6.45, 7) is 5.27. The molecule has 0 N–H and O–H groups in total. The van der Waals surface area contributed by atoms with E-state index in [4.69, 9.17) is 0 Å². The van der Waals surface area contributed by atoms with Gasteiger partial charge in [-0.15, -0.1) is 0 Å². The van der Waals surface area contributed by atoms with Crippen LogP contribution >= 0.6 is 15.9 Å². The Kier molecular flexibility index (Phi) is 3.33. The van der Waals surface area contributed by atoms with Crippen molar-refractivity contribution in [1.82, 2.24) is 9.19 Å². The van der Waals surface area contributed by atoms with Crippen molar-refractivity contribution in [3.8, 4) is 0 Å². The Morgan fingerprint density at radius 2 is 1.83 bits per heavy atom. The molecule has 1 aromatic heterocycles. The minimum Gasteiger partial charge on any atom is -0.199 e. The maximum Gasteiger partial charge on any atom is 0.283 e. The lowest BCUT2D eigenvalue weighted by atomic mass is 10.2. The molecule has 18 heavy (non-hydrogen) atoms. The topological polar surface area (TPSA) is 52.0 Å². The standard InChI is InChI=1S/C12H13BrN2O2S/c1-8-6-11(13)4-5-12(8)18(16,17)15-10(3)7-9(2)14-15/h4-7H,1-3H3. The van der Waals surface area contributed by atoms with Crippen LogP contribution in [0.15, 0.2) is 33.6 Å². The van der Waals surface area contributed by atoms with E-state index in [0.717, 1.165) is 8.56 Å². The van der Waals surface area contributed by atoms with Crippen LogP contribution in [0.5, 0.6) is 0 Å². The van der Waals surface area contributed by atoms with E-state index in [2.05, 4.69) is 21.0 Å². The summed E-state index contributed by atoms with van der Waals surface area (Å²) in [6, 6.07) is 6.82. The molecule has 2 rings (SSSR count). The maximum atomic E-state index is 12.5. The second-order valence-corrected chi connectivity index (χ2v) is 6.84. The van der Waals surface area contributed by atoms with Gasteiger partial charge >= 0.3 is 0 Å². The Morgan fingerprint density at radius 1 is 1.17 bits per heavy atom. The van der Waals surface area contributed by atoms with Crippen molar-refractivity contribution < 1.29 is 8.42 Å². The Morgan fingerprint density at radius 3 is 2.33 bits per heavy atom. The molecule has 0 radical (unpaired) electrons. The zero-order valence-electron chi connectivity index (χ0n) is 10.3. The van der Waals surface area contributed by atoms with Crippen molar-refractivity contribution in [2.75, 3.05) is 0 Å². The lowest BCUT2D eigenvalue weighted by Gasteiger charge is -2.09. The molecule has 0 amide bonds. The van der Waals surface area contributed by atoms with Crippen molar-refractivity contribution >= 4 is 26.0 Å². The predicted octanol–water partition coefficient (Wildman–Crippen LogP) is 2.81. The first-order chi connectivity index (χ1) is 8.32. The minimum atomic E-state index is -3.61. The van der Waals surface area contributed by atoms with Gasteiger partial charge in [-0.2, -0.15) is 17.6 Å². The second kappa shape index (κ2) is 4.51. The van der Waals surface area contributed by atoms with Gasteiger partial charge in [0.2, 0.25) is 0 Å². The summed E-state index contributed by atoms with van der Waals surface area (Å²) in [7, 11) is -3.61. The van der Waals surface area contributed by atoms with E-state index < -0.39 is 10.0 Å². The first kappa shape index (κ1) is 13.3. The van der Waals surface area contributed by atoms with Crippen molar-refractivity contribution in [1.29, 1.82) is 0 Å². The number of halogens is 1. The highest BCUT2D eigenvalue weighted by molar-refractivity contribution is 9.10. The smallest absolute Gasteiger partial charge is 0.199 e. The first-order valence-corrected chi connectivity index (χ1v) is 7.60. The van der Waals surface area contributed by atoms with Gasteiger partial charge in [-0.25, -0.2) is 0 Å². The molecule has 4 nitrogen and oxygen atoms in total. The van der Waals surface area contributed by atoms with E-state index in [9.17, 15) is 8.42 Å². The molecule has 0 aliphatic heterocycles. The van der Waals surface area contributed by atoms with Crippen LogP contribution in [0.2, 0.25) is 0 Å². The fourth-order valence-electron chi connectivity index (χ4n) is 1.85. The molecule has 0 saturated heterocycles. The SMILES string of the molecule is Cc1cc(C)n(S(=O)(=O)c2ccc(Br)cc2C)n1. The highest BCUT2D eigenvalue weighted by Gasteiger charge is 2.22. The summed E-state index contributed by atoms with van der Waals surface area (Å²) in [4.78, 5) is 0.275. The lowest BCUT2D eigenvalue weighted by molar-refractivity contribution is 0.577. The minimum absolute atomic E-state index is 0.275. The highest BCUT2D eigenvalue weighted by atomic mass is 79.9. The van der Waals surface area contributed by atoms with Crippen molar-refractivity contribution in [3.63, 3.8) is 0 Å². The molecule has 0 atom stereocenters. The van der Waals surface area contributed by atoms with Crippen LogP contribution in [0.3, 0.4) is 0 Å². The molecule has 0 spiro atoms. The Bertz CT molecular complexity index is 705. The zero-order chi connectivity index (χ0) is 13.5. The molecule has 1 heterocycles. The van der Waals surface area contributed by atoms with Gasteiger partial charge in [0, 0.05) is 4.47 Å². The molecule has 0 saturated carbocycles. The average molecular weight is 329 g/mol. The summed E-state index contributed by atoms with van der Waals surface area (Å²) >= 11 is 3.32. The number of rotatable bonds is 2. The molecule has 1 aromatic carbocycles. The fourth-order valence-corrected chi connectivity index (χ4v) is 3.88. The number of hydrogen-bond acceptors (Lipinski definition) is 3. The predicted molar refractivity (Wildman–Crippen MR) is 73.2 cm³/mol. The average Bonchev–Trinajstić information content (AvgIpc) is 2.57. The molecule has 0 bridgehead atoms. The van der Waals surface area contributed by atoms with E-state index in [1.807, 2.05) is 0 Å². The maximum absolute atomic E-state index is 12.5. The van der Waals surface area contributed by atoms with Crippen LogP contribution in [0.4, 0.5) is 0 Å². The summed E-state index contributed by atoms with van der Waals surface area (Å²) < 4.78 is 26.9. The molecule has 2 aromatic rings. The quantitative estimate of drug-likeness (QED) is 0.851. The van der Waals surface area contributed by atoms with Gasteiger partial charge in [-0.3, -0.25) is 0 Å². The van der Waals surface area contributed by atoms with Crippen molar-refractivity contribution in [2.24, 2.45) is 0 Å². The third kappa shape index (κ3) is 2.22. The van der Waals surface area contributed by atoms with Gasteiger partial charge in [-0.1, -0.05) is 15.9 Å². The van der Waals surface area contributed by atoms with Crippen molar-refractivity contribution in [3.05, 3.63) is 45.7 Å². The Labute approximate surface area is 115 Å². The molecular formula is C12H13BrN2O2S. The Hall–Kier alpha value is -1.14. The van der Waals surface area contributed by atoms with Gasteiger partial charge in [0.15, 0.2) is 0 Å². The van der Waals surface area contributed by atoms with E-state index in [1.165, 1.54) is 0 Å². The number of aryl methyl sites for hydroxylation is 3. The zero-order valence-corrected chi connectivity index (χ0v) is 12.7. The van der Waals surface area contributed by atoms with Gasteiger partial charge < -0.3 is 0 Å². The normalized spacial score (nSPS) is 11.8. The van der Waals surface area contributed by atoms with E-state index in [1.54, 1.807) is 45.0 Å². The molecule has 96 valence electrons. The lowest BCUT2D eigenvalue weighted by Crippen LogP contribution is -2.17. The Balaban J connectivity index is 2.65. The van der Waals surface area contributed by atoms with Crippen LogP contribution in [-0.4, -0.2) is 17.6 Å². The van der Waals surface area contributed by atoms with Gasteiger partial charge in [0.1, 0.15) is 0 Å². The summed E-state index contributed by atoms with van der Waals surface area (Å²) in [5, 5.41) is 4.04. The van der Waals surface area contributed by atoms with Gasteiger partial charge in [0.05, 0.1) is 16.3 Å². The number of aromatic nitrogens is 2. The fraction of sp³-hybridized carbons (Fsp3) is 0.250. The number of hydrogen-bond donors (Lipinski definition) is 0. The number of nitrogens with zero attached hydrogens (tertiary/aromatic N) is 2. The first-order valence-electron chi connectivity index (χ1n) is 5.37. The van der Waals surface area contributed by atoms with Gasteiger partial charge in [-0.05, 0) is 50.6 Å². The largest absolute Gasteiger partial charge is 0.283 e. The van der Waals surface area contributed by atoms with Crippen molar-refractivity contribution in [2.45, 2.75) is 25.7 Å². The van der Waals surface area contributed by atoms with Gasteiger partial charge in [0.25, 0.3) is 10.0 Å². The van der Waals surface area contributed by atoms with E-state index in [0.29, 0.717) is 17.0 Å². The molecule has 6 heteroatoms. The highest BCUT2D eigenvalue weighted by Crippen LogP contribution is 2.22. The summed E-state index contributed by atoms with van der Waals surface area (Å²) in [5.41, 5.74) is 1.98. The second-order valence-electron chi connectivity index (χ2n) is 4.18. The summed E-state index contributed by atoms with van der Waals surface area (Å²) in [6.07, 6.45) is 0. The van der Waals surface area contributed by atoms with E-state index in [-0.39, 0.29) is 4.90 Å². The van der Waals surface area contributed by atoms with Crippen LogP contribution in [0, 0.1) is 20.8 Å². The third-order valence-electron chi connectivity index (χ3n) is 2.61. The monoisotopic (exact) mass is 328 g/mol. The van der Waals surface area contributed by atoms with Crippen LogP contribution in [-0.2, 0) is 10.0 Å². The molecule has 0 fully saturated rings.